The molecule has 0 saturated heterocycles. The Hall–Kier alpha value is -1.79. The number of nitrogens with one attached hydrogen (secondary N) is 1. The van der Waals surface area contributed by atoms with Crippen LogP contribution in [0.15, 0.2) is 36.7 Å². The van der Waals surface area contributed by atoms with Gasteiger partial charge in [-0.3, -0.25) is 0 Å². The fourth-order valence-corrected chi connectivity index (χ4v) is 1.88. The lowest BCUT2D eigenvalue weighted by Gasteiger charge is -2.20. The minimum absolute atomic E-state index is 0.554. The van der Waals surface area contributed by atoms with Gasteiger partial charge in [-0.25, -0.2) is 4.98 Å². The van der Waals surface area contributed by atoms with Gasteiger partial charge >= 0.3 is 0 Å². The molecule has 17 heavy (non-hydrogen) atoms. The number of benzene rings is 1. The maximum atomic E-state index is 9.38. The third kappa shape index (κ3) is 2.48. The highest BCUT2D eigenvalue weighted by Crippen LogP contribution is 2.27. The molecule has 2 aromatic rings. The van der Waals surface area contributed by atoms with Gasteiger partial charge in [0.2, 0.25) is 0 Å². The van der Waals surface area contributed by atoms with E-state index >= 15 is 0 Å². The predicted molar refractivity (Wildman–Crippen MR) is 66.7 cm³/mol. The zero-order valence-corrected chi connectivity index (χ0v) is 10.2. The molecule has 0 radical (unpaired) electrons. The van der Waals surface area contributed by atoms with Crippen LogP contribution in [0.5, 0.6) is 0 Å². The van der Waals surface area contributed by atoms with E-state index in [0.29, 0.717) is 11.4 Å². The lowest BCUT2D eigenvalue weighted by Crippen LogP contribution is -2.23. The van der Waals surface area contributed by atoms with Crippen LogP contribution in [0.1, 0.15) is 18.3 Å². The second kappa shape index (κ2) is 4.60. The Bertz CT molecular complexity index is 525. The Labute approximate surface area is 105 Å². The van der Waals surface area contributed by atoms with Crippen LogP contribution in [-0.4, -0.2) is 9.97 Å². The van der Waals surface area contributed by atoms with Gasteiger partial charge in [0.1, 0.15) is 5.82 Å². The first-order chi connectivity index (χ1) is 8.14. The Morgan fingerprint density at radius 2 is 2.12 bits per heavy atom. The summed E-state index contributed by atoms with van der Waals surface area (Å²) in [7, 11) is 0. The smallest absolute Gasteiger partial charge is 0.107 e. The Morgan fingerprint density at radius 3 is 2.65 bits per heavy atom. The van der Waals surface area contributed by atoms with E-state index in [1.165, 1.54) is 0 Å². The van der Waals surface area contributed by atoms with Crippen molar-refractivity contribution in [2.45, 2.75) is 18.8 Å². The van der Waals surface area contributed by atoms with Gasteiger partial charge in [0.15, 0.2) is 0 Å². The predicted octanol–water partition coefficient (Wildman–Crippen LogP) is 3.09. The monoisotopic (exact) mass is 245 g/mol. The second-order valence-corrected chi connectivity index (χ2v) is 4.60. The minimum Gasteiger partial charge on any atom is -0.349 e. The van der Waals surface area contributed by atoms with Gasteiger partial charge in [-0.2, -0.15) is 5.26 Å². The summed E-state index contributed by atoms with van der Waals surface area (Å²) < 4.78 is 0. The average molecular weight is 246 g/mol. The van der Waals surface area contributed by atoms with Crippen molar-refractivity contribution in [2.75, 3.05) is 0 Å². The standard InChI is InChI=1S/C13H12ClN3/c1-13(9-15,8-12-16-6-7-17-12)10-2-4-11(14)5-3-10/h2-7H,8H2,1H3,(H,16,17). The summed E-state index contributed by atoms with van der Waals surface area (Å²) in [5.74, 6) is 0.809. The van der Waals surface area contributed by atoms with Gasteiger partial charge in [-0.1, -0.05) is 23.7 Å². The molecule has 3 nitrogen and oxygen atoms in total. The molecule has 0 aliphatic rings. The van der Waals surface area contributed by atoms with Crippen molar-refractivity contribution < 1.29 is 0 Å². The highest BCUT2D eigenvalue weighted by atomic mass is 35.5. The van der Waals surface area contributed by atoms with E-state index in [1.807, 2.05) is 19.1 Å². The second-order valence-electron chi connectivity index (χ2n) is 4.16. The third-order valence-electron chi connectivity index (χ3n) is 2.80. The van der Waals surface area contributed by atoms with E-state index in [9.17, 15) is 5.26 Å². The molecule has 86 valence electrons. The molecule has 1 heterocycles. The maximum absolute atomic E-state index is 9.38. The molecule has 1 atom stereocenters. The summed E-state index contributed by atoms with van der Waals surface area (Å²) in [5, 5.41) is 10.1. The first-order valence-corrected chi connectivity index (χ1v) is 5.67. The molecule has 0 bridgehead atoms. The van der Waals surface area contributed by atoms with Gasteiger partial charge in [0.05, 0.1) is 11.5 Å². The minimum atomic E-state index is -0.595. The molecule has 1 N–H and O–H groups in total. The fraction of sp³-hybridized carbons (Fsp3) is 0.231. The van der Waals surface area contributed by atoms with Crippen LogP contribution in [0.25, 0.3) is 0 Å². The summed E-state index contributed by atoms with van der Waals surface area (Å²) in [5.41, 5.74) is 0.350. The van der Waals surface area contributed by atoms with Crippen LogP contribution in [0.4, 0.5) is 0 Å². The van der Waals surface area contributed by atoms with Crippen molar-refractivity contribution in [1.82, 2.24) is 9.97 Å². The normalized spacial score (nSPS) is 13.9. The van der Waals surface area contributed by atoms with E-state index in [4.69, 9.17) is 11.6 Å². The van der Waals surface area contributed by atoms with E-state index in [-0.39, 0.29) is 0 Å². The number of aromatic nitrogens is 2. The number of rotatable bonds is 3. The molecule has 4 heteroatoms. The van der Waals surface area contributed by atoms with Crippen molar-refractivity contribution in [2.24, 2.45) is 0 Å². The number of hydrogen-bond acceptors (Lipinski definition) is 2. The van der Waals surface area contributed by atoms with Crippen molar-refractivity contribution >= 4 is 11.6 Å². The van der Waals surface area contributed by atoms with Crippen LogP contribution >= 0.6 is 11.6 Å². The summed E-state index contributed by atoms with van der Waals surface area (Å²) in [6, 6.07) is 9.72. The lowest BCUT2D eigenvalue weighted by molar-refractivity contribution is 0.588. The number of nitriles is 1. The van der Waals surface area contributed by atoms with E-state index in [2.05, 4.69) is 16.0 Å². The molecule has 0 amide bonds. The largest absolute Gasteiger partial charge is 0.349 e. The zero-order valence-electron chi connectivity index (χ0n) is 9.44. The number of imidazole rings is 1. The van der Waals surface area contributed by atoms with Crippen molar-refractivity contribution in [1.29, 1.82) is 5.26 Å². The molecule has 2 rings (SSSR count). The van der Waals surface area contributed by atoms with Gasteiger partial charge in [0, 0.05) is 23.8 Å². The van der Waals surface area contributed by atoms with Crippen molar-refractivity contribution in [3.05, 3.63) is 53.1 Å². The molecule has 0 saturated carbocycles. The van der Waals surface area contributed by atoms with Gasteiger partial charge in [-0.15, -0.1) is 0 Å². The number of nitrogens with zero attached hydrogens (tertiary/aromatic N) is 2. The molecule has 0 fully saturated rings. The van der Waals surface area contributed by atoms with Gasteiger partial charge in [-0.05, 0) is 24.6 Å². The van der Waals surface area contributed by atoms with Crippen LogP contribution in [0.2, 0.25) is 5.02 Å². The molecule has 1 aromatic heterocycles. The number of hydrogen-bond donors (Lipinski definition) is 1. The Kier molecular flexibility index (Phi) is 3.16. The lowest BCUT2D eigenvalue weighted by atomic mass is 9.81. The number of H-pyrrole nitrogens is 1. The number of halogens is 1. The highest BCUT2D eigenvalue weighted by Gasteiger charge is 2.27. The fourth-order valence-electron chi connectivity index (χ4n) is 1.75. The third-order valence-corrected chi connectivity index (χ3v) is 3.06. The Balaban J connectivity index is 2.31. The first kappa shape index (κ1) is 11.7. The molecular weight excluding hydrogens is 234 g/mol. The molecule has 1 aromatic carbocycles. The van der Waals surface area contributed by atoms with E-state index in [1.54, 1.807) is 24.5 Å². The average Bonchev–Trinajstić information content (AvgIpc) is 2.82. The van der Waals surface area contributed by atoms with Crippen LogP contribution in [0.3, 0.4) is 0 Å². The maximum Gasteiger partial charge on any atom is 0.107 e. The molecule has 0 aliphatic carbocycles. The van der Waals surface area contributed by atoms with Gasteiger partial charge in [0.25, 0.3) is 0 Å². The van der Waals surface area contributed by atoms with E-state index in [0.717, 1.165) is 11.4 Å². The summed E-state index contributed by atoms with van der Waals surface area (Å²) in [6.07, 6.45) is 4.00. The first-order valence-electron chi connectivity index (χ1n) is 5.29. The summed E-state index contributed by atoms with van der Waals surface area (Å²) in [4.78, 5) is 7.18. The van der Waals surface area contributed by atoms with Crippen LogP contribution in [-0.2, 0) is 11.8 Å². The quantitative estimate of drug-likeness (QED) is 0.904. The molecule has 0 spiro atoms. The Morgan fingerprint density at radius 1 is 1.41 bits per heavy atom. The summed E-state index contributed by atoms with van der Waals surface area (Å²) in [6.45, 7) is 1.90. The van der Waals surface area contributed by atoms with Crippen molar-refractivity contribution in [3.8, 4) is 6.07 Å². The van der Waals surface area contributed by atoms with E-state index < -0.39 is 5.41 Å². The zero-order chi connectivity index (χ0) is 12.3. The highest BCUT2D eigenvalue weighted by molar-refractivity contribution is 6.30. The number of aromatic amines is 1. The molecule has 1 unspecified atom stereocenters. The molecule has 0 aliphatic heterocycles. The van der Waals surface area contributed by atoms with Crippen molar-refractivity contribution in [3.63, 3.8) is 0 Å². The van der Waals surface area contributed by atoms with Gasteiger partial charge < -0.3 is 4.98 Å². The summed E-state index contributed by atoms with van der Waals surface area (Å²) >= 11 is 5.85. The van der Waals surface area contributed by atoms with Crippen LogP contribution in [0, 0.1) is 11.3 Å². The topological polar surface area (TPSA) is 52.5 Å². The molecular formula is C13H12ClN3. The SMILES string of the molecule is CC(C#N)(Cc1ncc[nH]1)c1ccc(Cl)cc1. The van der Waals surface area contributed by atoms with Crippen LogP contribution < -0.4 is 0 Å².